The molecule has 2 rings (SSSR count). The van der Waals surface area contributed by atoms with Crippen LogP contribution in [0, 0.1) is 0 Å². The fourth-order valence-electron chi connectivity index (χ4n) is 1.90. The summed E-state index contributed by atoms with van der Waals surface area (Å²) < 4.78 is 0. The number of carbonyl (C=O) groups is 2. The monoisotopic (exact) mass is 267 g/mol. The molecule has 0 aliphatic carbocycles. The van der Waals surface area contributed by atoms with Crippen molar-refractivity contribution in [2.24, 2.45) is 5.73 Å². The van der Waals surface area contributed by atoms with Gasteiger partial charge in [-0.05, 0) is 24.6 Å². The highest BCUT2D eigenvalue weighted by atomic mass is 35.5. The van der Waals surface area contributed by atoms with Gasteiger partial charge in [-0.1, -0.05) is 23.7 Å². The van der Waals surface area contributed by atoms with Crippen molar-refractivity contribution in [2.45, 2.75) is 19.0 Å². The van der Waals surface area contributed by atoms with Crippen LogP contribution >= 0.6 is 11.6 Å². The zero-order valence-electron chi connectivity index (χ0n) is 9.89. The van der Waals surface area contributed by atoms with Gasteiger partial charge in [-0.15, -0.1) is 0 Å². The summed E-state index contributed by atoms with van der Waals surface area (Å²) in [6.45, 7) is 1.98. The van der Waals surface area contributed by atoms with E-state index >= 15 is 0 Å². The van der Waals surface area contributed by atoms with E-state index in [9.17, 15) is 9.59 Å². The largest absolute Gasteiger partial charge is 0.328 e. The van der Waals surface area contributed by atoms with E-state index in [4.69, 9.17) is 17.3 Å². The number of hydrogen-bond donors (Lipinski definition) is 2. The van der Waals surface area contributed by atoms with Crippen LogP contribution in [-0.2, 0) is 4.79 Å². The first kappa shape index (κ1) is 12.9. The number of halogens is 1. The lowest BCUT2D eigenvalue weighted by atomic mass is 10.1. The second-order valence-corrected chi connectivity index (χ2v) is 4.66. The predicted molar refractivity (Wildman–Crippen MR) is 68.1 cm³/mol. The van der Waals surface area contributed by atoms with Gasteiger partial charge in [-0.3, -0.25) is 9.69 Å². The molecular weight excluding hydrogens is 254 g/mol. The minimum absolute atomic E-state index is 0.243. The van der Waals surface area contributed by atoms with Gasteiger partial charge in [0.15, 0.2) is 0 Å². The molecule has 0 spiro atoms. The summed E-state index contributed by atoms with van der Waals surface area (Å²) in [7, 11) is 0. The minimum Gasteiger partial charge on any atom is -0.328 e. The van der Waals surface area contributed by atoms with Crippen LogP contribution in [-0.4, -0.2) is 29.4 Å². The number of imide groups is 1. The maximum Gasteiger partial charge on any atom is 0.325 e. The molecule has 1 saturated heterocycles. The van der Waals surface area contributed by atoms with Crippen molar-refractivity contribution in [3.63, 3.8) is 0 Å². The van der Waals surface area contributed by atoms with Crippen molar-refractivity contribution >= 4 is 23.5 Å². The first-order valence-corrected chi connectivity index (χ1v) is 6.01. The molecule has 0 saturated carbocycles. The fraction of sp³-hybridized carbons (Fsp3) is 0.333. The Labute approximate surface area is 110 Å². The quantitative estimate of drug-likeness (QED) is 0.810. The Morgan fingerprint density at radius 1 is 1.39 bits per heavy atom. The molecule has 5 nitrogen and oxygen atoms in total. The van der Waals surface area contributed by atoms with E-state index in [1.165, 1.54) is 4.90 Å². The molecule has 18 heavy (non-hydrogen) atoms. The molecule has 3 amide bonds. The molecule has 2 atom stereocenters. The van der Waals surface area contributed by atoms with Crippen molar-refractivity contribution in [3.8, 4) is 0 Å². The van der Waals surface area contributed by atoms with Crippen molar-refractivity contribution in [1.82, 2.24) is 10.2 Å². The van der Waals surface area contributed by atoms with Gasteiger partial charge >= 0.3 is 6.03 Å². The second-order valence-electron chi connectivity index (χ2n) is 4.23. The van der Waals surface area contributed by atoms with Crippen LogP contribution in [0.2, 0.25) is 5.02 Å². The van der Waals surface area contributed by atoms with Crippen molar-refractivity contribution < 1.29 is 9.59 Å². The number of nitrogens with one attached hydrogen (secondary N) is 1. The van der Waals surface area contributed by atoms with E-state index in [0.717, 1.165) is 0 Å². The maximum absolute atomic E-state index is 12.2. The normalized spacial score (nSPS) is 21.1. The molecule has 2 unspecified atom stereocenters. The number of hydrogen-bond acceptors (Lipinski definition) is 3. The molecule has 1 fully saturated rings. The summed E-state index contributed by atoms with van der Waals surface area (Å²) >= 11 is 5.79. The van der Waals surface area contributed by atoms with Crippen molar-refractivity contribution in [1.29, 1.82) is 0 Å². The molecule has 0 bridgehead atoms. The highest BCUT2D eigenvalue weighted by molar-refractivity contribution is 6.30. The van der Waals surface area contributed by atoms with Gasteiger partial charge in [0.25, 0.3) is 5.91 Å². The molecule has 1 aliphatic rings. The van der Waals surface area contributed by atoms with E-state index < -0.39 is 12.1 Å². The van der Waals surface area contributed by atoms with Gasteiger partial charge in [0.2, 0.25) is 0 Å². The molecule has 0 radical (unpaired) electrons. The first-order valence-electron chi connectivity index (χ1n) is 5.63. The SMILES string of the molecule is CC(CN)N1C(=O)NC(c2ccc(Cl)cc2)C1=O. The Balaban J connectivity index is 2.25. The highest BCUT2D eigenvalue weighted by Gasteiger charge is 2.40. The third kappa shape index (κ3) is 2.19. The van der Waals surface area contributed by atoms with Gasteiger partial charge in [-0.25, -0.2) is 4.79 Å². The number of nitrogens with two attached hydrogens (primary N) is 1. The van der Waals surface area contributed by atoms with Crippen LogP contribution in [0.3, 0.4) is 0 Å². The van der Waals surface area contributed by atoms with Gasteiger partial charge in [-0.2, -0.15) is 0 Å². The smallest absolute Gasteiger partial charge is 0.325 e. The number of carbonyl (C=O) groups excluding carboxylic acids is 2. The van der Waals surface area contributed by atoms with Gasteiger partial charge in [0.05, 0.1) is 6.04 Å². The standard InChI is InChI=1S/C12H14ClN3O2/c1-7(6-14)16-11(17)10(15-12(16)18)8-2-4-9(13)5-3-8/h2-5,7,10H,6,14H2,1H3,(H,15,18). The van der Waals surface area contributed by atoms with Gasteiger partial charge in [0, 0.05) is 11.6 Å². The Morgan fingerprint density at radius 2 is 2.00 bits per heavy atom. The summed E-state index contributed by atoms with van der Waals surface area (Å²) in [4.78, 5) is 25.1. The van der Waals surface area contributed by atoms with Crippen LogP contribution < -0.4 is 11.1 Å². The zero-order chi connectivity index (χ0) is 13.3. The second kappa shape index (κ2) is 4.96. The van der Waals surface area contributed by atoms with E-state index in [1.807, 2.05) is 0 Å². The summed E-state index contributed by atoms with van der Waals surface area (Å²) in [5, 5.41) is 3.23. The van der Waals surface area contributed by atoms with Gasteiger partial charge < -0.3 is 11.1 Å². The number of benzene rings is 1. The summed E-state index contributed by atoms with van der Waals surface area (Å²) in [5.41, 5.74) is 6.20. The number of amides is 3. The average Bonchev–Trinajstić information content (AvgIpc) is 2.65. The Kier molecular flexibility index (Phi) is 3.54. The van der Waals surface area contributed by atoms with Crippen molar-refractivity contribution in [3.05, 3.63) is 34.9 Å². The molecule has 1 aromatic rings. The van der Waals surface area contributed by atoms with E-state index in [2.05, 4.69) is 5.32 Å². The highest BCUT2D eigenvalue weighted by Crippen LogP contribution is 2.24. The first-order chi connectivity index (χ1) is 8.54. The average molecular weight is 268 g/mol. The Bertz CT molecular complexity index is 475. The van der Waals surface area contributed by atoms with E-state index in [0.29, 0.717) is 10.6 Å². The summed E-state index contributed by atoms with van der Waals surface area (Å²) in [6, 6.07) is 5.46. The van der Waals surface area contributed by atoms with E-state index in [1.54, 1.807) is 31.2 Å². The molecule has 6 heteroatoms. The lowest BCUT2D eigenvalue weighted by Crippen LogP contribution is -2.42. The number of urea groups is 1. The van der Waals surface area contributed by atoms with Crippen LogP contribution in [0.1, 0.15) is 18.5 Å². The van der Waals surface area contributed by atoms with Crippen LogP contribution in [0.25, 0.3) is 0 Å². The number of rotatable bonds is 3. The molecule has 96 valence electrons. The molecule has 1 heterocycles. The number of nitrogens with zero attached hydrogens (tertiary/aromatic N) is 1. The third-order valence-corrected chi connectivity index (χ3v) is 3.21. The van der Waals surface area contributed by atoms with E-state index in [-0.39, 0.29) is 18.5 Å². The molecular formula is C12H14ClN3O2. The van der Waals surface area contributed by atoms with Crippen LogP contribution in [0.4, 0.5) is 4.79 Å². The van der Waals surface area contributed by atoms with Crippen LogP contribution in [0.5, 0.6) is 0 Å². The zero-order valence-corrected chi connectivity index (χ0v) is 10.6. The molecule has 1 aliphatic heterocycles. The predicted octanol–water partition coefficient (Wildman–Crippen LogP) is 1.28. The maximum atomic E-state index is 12.2. The Morgan fingerprint density at radius 3 is 2.56 bits per heavy atom. The Hall–Kier alpha value is -1.59. The lowest BCUT2D eigenvalue weighted by molar-refractivity contribution is -0.128. The van der Waals surface area contributed by atoms with Gasteiger partial charge in [0.1, 0.15) is 6.04 Å². The summed E-state index contributed by atoms with van der Waals surface area (Å²) in [6.07, 6.45) is 0. The summed E-state index contributed by atoms with van der Waals surface area (Å²) in [5.74, 6) is -0.278. The fourth-order valence-corrected chi connectivity index (χ4v) is 2.02. The minimum atomic E-state index is -0.649. The molecule has 0 aromatic heterocycles. The lowest BCUT2D eigenvalue weighted by Gasteiger charge is -2.19. The van der Waals surface area contributed by atoms with Crippen molar-refractivity contribution in [2.75, 3.05) is 6.54 Å². The third-order valence-electron chi connectivity index (χ3n) is 2.96. The molecule has 1 aromatic carbocycles. The van der Waals surface area contributed by atoms with Crippen LogP contribution in [0.15, 0.2) is 24.3 Å². The topological polar surface area (TPSA) is 75.4 Å². The molecule has 3 N–H and O–H groups in total.